The maximum Gasteiger partial charge on any atom is 0.0841 e. The molecule has 106 valence electrons. The largest absolute Gasteiger partial charge is 0.388 e. The van der Waals surface area contributed by atoms with Crippen molar-refractivity contribution >= 4 is 26.7 Å². The molecule has 0 aliphatic heterocycles. The van der Waals surface area contributed by atoms with Gasteiger partial charge in [-0.1, -0.05) is 76.6 Å². The summed E-state index contributed by atoms with van der Waals surface area (Å²) in [4.78, 5) is 0. The summed E-state index contributed by atoms with van der Waals surface area (Å²) < 4.78 is 0.998. The van der Waals surface area contributed by atoms with Crippen LogP contribution < -0.4 is 0 Å². The molecule has 3 rings (SSSR count). The number of aliphatic hydroxyl groups is 1. The van der Waals surface area contributed by atoms with Gasteiger partial charge in [-0.05, 0) is 34.4 Å². The van der Waals surface area contributed by atoms with Gasteiger partial charge in [-0.2, -0.15) is 0 Å². The highest BCUT2D eigenvalue weighted by Crippen LogP contribution is 2.30. The summed E-state index contributed by atoms with van der Waals surface area (Å²) in [7, 11) is 0. The van der Waals surface area contributed by atoms with Gasteiger partial charge in [-0.3, -0.25) is 0 Å². The molecule has 1 N–H and O–H groups in total. The fourth-order valence-electron chi connectivity index (χ4n) is 2.72. The molecule has 0 fully saturated rings. The van der Waals surface area contributed by atoms with E-state index in [-0.39, 0.29) is 0 Å². The molecule has 0 bridgehead atoms. The van der Waals surface area contributed by atoms with Crippen LogP contribution in [0.4, 0.5) is 0 Å². The number of rotatable bonds is 3. The summed E-state index contributed by atoms with van der Waals surface area (Å²) in [6, 6.07) is 20.6. The zero-order valence-electron chi connectivity index (χ0n) is 11.9. The van der Waals surface area contributed by atoms with Crippen molar-refractivity contribution in [1.29, 1.82) is 0 Å². The van der Waals surface area contributed by atoms with Crippen LogP contribution in [0.25, 0.3) is 10.8 Å². The van der Waals surface area contributed by atoms with Crippen molar-refractivity contribution in [1.82, 2.24) is 0 Å². The van der Waals surface area contributed by atoms with Gasteiger partial charge >= 0.3 is 0 Å². The minimum absolute atomic E-state index is 0.509. The molecule has 0 saturated heterocycles. The molecule has 1 atom stereocenters. The van der Waals surface area contributed by atoms with Crippen molar-refractivity contribution in [2.75, 3.05) is 0 Å². The van der Waals surface area contributed by atoms with Gasteiger partial charge in [0.25, 0.3) is 0 Å². The predicted molar refractivity (Wildman–Crippen MR) is 91.5 cm³/mol. The van der Waals surface area contributed by atoms with Crippen molar-refractivity contribution in [3.05, 3.63) is 81.8 Å². The number of halogens is 1. The molecule has 1 unspecified atom stereocenters. The Labute approximate surface area is 133 Å². The minimum atomic E-state index is -0.509. The number of hydrogen-bond donors (Lipinski definition) is 1. The standard InChI is InChI=1S/C19H17BrO/c1-13-6-4-11-17(19(13)20)18(21)12-15-9-5-8-14-7-2-3-10-16(14)15/h2-11,18,21H,12H2,1H3. The first-order valence-corrected chi connectivity index (χ1v) is 7.86. The van der Waals surface area contributed by atoms with E-state index in [1.165, 1.54) is 16.3 Å². The van der Waals surface area contributed by atoms with E-state index in [9.17, 15) is 5.11 Å². The van der Waals surface area contributed by atoms with Crippen LogP contribution in [-0.2, 0) is 6.42 Å². The lowest BCUT2D eigenvalue weighted by atomic mass is 9.96. The highest BCUT2D eigenvalue weighted by molar-refractivity contribution is 9.10. The molecule has 0 aromatic heterocycles. The summed E-state index contributed by atoms with van der Waals surface area (Å²) in [6.07, 6.45) is 0.105. The van der Waals surface area contributed by atoms with Gasteiger partial charge in [-0.15, -0.1) is 0 Å². The Kier molecular flexibility index (Phi) is 4.09. The highest BCUT2D eigenvalue weighted by Gasteiger charge is 2.14. The Morgan fingerprint density at radius 3 is 2.52 bits per heavy atom. The van der Waals surface area contributed by atoms with Gasteiger partial charge in [0.05, 0.1) is 6.10 Å². The van der Waals surface area contributed by atoms with E-state index in [1.54, 1.807) is 0 Å². The fraction of sp³-hybridized carbons (Fsp3) is 0.158. The molecule has 0 radical (unpaired) electrons. The number of benzene rings is 3. The third kappa shape index (κ3) is 2.87. The second kappa shape index (κ2) is 6.00. The van der Waals surface area contributed by atoms with Crippen LogP contribution >= 0.6 is 15.9 Å². The fourth-order valence-corrected chi connectivity index (χ4v) is 3.24. The molecule has 0 heterocycles. The molecule has 0 aliphatic rings. The van der Waals surface area contributed by atoms with E-state index in [2.05, 4.69) is 46.3 Å². The predicted octanol–water partition coefficient (Wildman–Crippen LogP) is 5.19. The number of hydrogen-bond acceptors (Lipinski definition) is 1. The smallest absolute Gasteiger partial charge is 0.0841 e. The Morgan fingerprint density at radius 2 is 1.67 bits per heavy atom. The van der Waals surface area contributed by atoms with Crippen molar-refractivity contribution in [2.24, 2.45) is 0 Å². The third-order valence-corrected chi connectivity index (χ3v) is 4.96. The molecule has 1 nitrogen and oxygen atoms in total. The van der Waals surface area contributed by atoms with E-state index in [1.807, 2.05) is 37.3 Å². The lowest BCUT2D eigenvalue weighted by molar-refractivity contribution is 0.178. The maximum atomic E-state index is 10.6. The molecule has 0 saturated carbocycles. The SMILES string of the molecule is Cc1cccc(C(O)Cc2cccc3ccccc23)c1Br. The van der Waals surface area contributed by atoms with Crippen LogP contribution in [0.2, 0.25) is 0 Å². The van der Waals surface area contributed by atoms with Crippen LogP contribution in [0.15, 0.2) is 65.1 Å². The van der Waals surface area contributed by atoms with Crippen molar-refractivity contribution in [2.45, 2.75) is 19.4 Å². The van der Waals surface area contributed by atoms with Gasteiger partial charge in [0.15, 0.2) is 0 Å². The molecule has 2 heteroatoms. The van der Waals surface area contributed by atoms with Gasteiger partial charge in [-0.25, -0.2) is 0 Å². The Morgan fingerprint density at radius 1 is 0.952 bits per heavy atom. The van der Waals surface area contributed by atoms with Gasteiger partial charge in [0.2, 0.25) is 0 Å². The first kappa shape index (κ1) is 14.3. The summed E-state index contributed by atoms with van der Waals surface area (Å²) in [5.74, 6) is 0. The van der Waals surface area contributed by atoms with E-state index in [0.717, 1.165) is 15.6 Å². The first-order valence-electron chi connectivity index (χ1n) is 7.06. The topological polar surface area (TPSA) is 20.2 Å². The van der Waals surface area contributed by atoms with E-state index in [0.29, 0.717) is 6.42 Å². The Hall–Kier alpha value is -1.64. The van der Waals surface area contributed by atoms with Crippen LogP contribution in [0.1, 0.15) is 22.8 Å². The molecule has 21 heavy (non-hydrogen) atoms. The monoisotopic (exact) mass is 340 g/mol. The van der Waals surface area contributed by atoms with E-state index >= 15 is 0 Å². The van der Waals surface area contributed by atoms with Crippen LogP contribution in [-0.4, -0.2) is 5.11 Å². The second-order valence-electron chi connectivity index (χ2n) is 5.34. The zero-order valence-corrected chi connectivity index (χ0v) is 13.5. The van der Waals surface area contributed by atoms with Crippen LogP contribution in [0.3, 0.4) is 0 Å². The lowest BCUT2D eigenvalue weighted by Crippen LogP contribution is -2.04. The van der Waals surface area contributed by atoms with Crippen LogP contribution in [0, 0.1) is 6.92 Å². The summed E-state index contributed by atoms with van der Waals surface area (Å²) in [6.45, 7) is 2.04. The molecule has 0 amide bonds. The van der Waals surface area contributed by atoms with E-state index in [4.69, 9.17) is 0 Å². The third-order valence-electron chi connectivity index (χ3n) is 3.87. The minimum Gasteiger partial charge on any atom is -0.388 e. The molecule has 0 aliphatic carbocycles. The summed E-state index contributed by atoms with van der Waals surface area (Å²) in [5, 5.41) is 13.0. The highest BCUT2D eigenvalue weighted by atomic mass is 79.9. The van der Waals surface area contributed by atoms with E-state index < -0.39 is 6.10 Å². The van der Waals surface area contributed by atoms with Crippen LogP contribution in [0.5, 0.6) is 0 Å². The van der Waals surface area contributed by atoms with Gasteiger partial charge < -0.3 is 5.11 Å². The van der Waals surface area contributed by atoms with Crippen molar-refractivity contribution in [3.63, 3.8) is 0 Å². The molecular weight excluding hydrogens is 324 g/mol. The molecule has 3 aromatic carbocycles. The van der Waals surface area contributed by atoms with Gasteiger partial charge in [0.1, 0.15) is 0 Å². The summed E-state index contributed by atoms with van der Waals surface area (Å²) >= 11 is 3.58. The zero-order chi connectivity index (χ0) is 14.8. The number of aliphatic hydroxyl groups excluding tert-OH is 1. The first-order chi connectivity index (χ1) is 10.2. The quantitative estimate of drug-likeness (QED) is 0.695. The van der Waals surface area contributed by atoms with Crippen molar-refractivity contribution in [3.8, 4) is 0 Å². The normalized spacial score (nSPS) is 12.5. The molecule has 0 spiro atoms. The Balaban J connectivity index is 1.97. The lowest BCUT2D eigenvalue weighted by Gasteiger charge is -2.15. The maximum absolute atomic E-state index is 10.6. The average molecular weight is 341 g/mol. The van der Waals surface area contributed by atoms with Crippen molar-refractivity contribution < 1.29 is 5.11 Å². The summed E-state index contributed by atoms with van der Waals surface area (Å²) in [5.41, 5.74) is 3.27. The number of aryl methyl sites for hydroxylation is 1. The number of fused-ring (bicyclic) bond motifs is 1. The molecule has 3 aromatic rings. The Bertz CT molecular complexity index is 774. The average Bonchev–Trinajstić information content (AvgIpc) is 2.50. The molecular formula is C19H17BrO. The second-order valence-corrected chi connectivity index (χ2v) is 6.13. The van der Waals surface area contributed by atoms with Gasteiger partial charge in [0, 0.05) is 10.9 Å².